The van der Waals surface area contributed by atoms with Gasteiger partial charge < -0.3 is 5.32 Å². The van der Waals surface area contributed by atoms with Crippen molar-refractivity contribution in [3.8, 4) is 0 Å². The minimum Gasteiger partial charge on any atom is -0.306 e. The molecule has 0 aromatic heterocycles. The van der Waals surface area contributed by atoms with Gasteiger partial charge in [-0.25, -0.2) is 0 Å². The van der Waals surface area contributed by atoms with E-state index in [4.69, 9.17) is 0 Å². The lowest BCUT2D eigenvalue weighted by Gasteiger charge is -2.17. The predicted molar refractivity (Wildman–Crippen MR) is 67.1 cm³/mol. The van der Waals surface area contributed by atoms with Crippen LogP contribution in [0.1, 0.15) is 36.6 Å². The van der Waals surface area contributed by atoms with E-state index in [2.05, 4.69) is 50.9 Å². The molecule has 0 unspecified atom stereocenters. The molecule has 0 heterocycles. The van der Waals surface area contributed by atoms with Crippen molar-refractivity contribution in [1.29, 1.82) is 0 Å². The second kappa shape index (κ2) is 5.13. The smallest absolute Gasteiger partial charge is 0.0297 e. The molecule has 1 rings (SSSR count). The van der Waals surface area contributed by atoms with E-state index in [0.717, 1.165) is 6.54 Å². The maximum atomic E-state index is 3.89. The average Bonchev–Trinajstić information content (AvgIpc) is 2.14. The van der Waals surface area contributed by atoms with Gasteiger partial charge in [-0.15, -0.1) is 0 Å². The van der Waals surface area contributed by atoms with Crippen LogP contribution in [0, 0.1) is 13.8 Å². The summed E-state index contributed by atoms with van der Waals surface area (Å²) >= 11 is 0. The standard InChI is InChI=1S/C14H21N/c1-10(2)9-15-13(5)14-7-6-11(3)8-12(14)4/h6-8,13,15H,1,9H2,2-5H3/t13-/m1/s1. The molecular formula is C14H21N. The Kier molecular flexibility index (Phi) is 4.10. The Morgan fingerprint density at radius 1 is 1.40 bits per heavy atom. The highest BCUT2D eigenvalue weighted by atomic mass is 14.9. The number of nitrogens with one attached hydrogen (secondary N) is 1. The molecule has 0 aliphatic carbocycles. The van der Waals surface area contributed by atoms with Crippen molar-refractivity contribution in [2.45, 2.75) is 33.7 Å². The van der Waals surface area contributed by atoms with E-state index in [1.54, 1.807) is 0 Å². The van der Waals surface area contributed by atoms with Gasteiger partial charge in [0.2, 0.25) is 0 Å². The molecule has 0 radical (unpaired) electrons. The Balaban J connectivity index is 2.73. The van der Waals surface area contributed by atoms with E-state index in [9.17, 15) is 0 Å². The van der Waals surface area contributed by atoms with Crippen molar-refractivity contribution in [3.63, 3.8) is 0 Å². The van der Waals surface area contributed by atoms with Crippen molar-refractivity contribution in [1.82, 2.24) is 5.32 Å². The summed E-state index contributed by atoms with van der Waals surface area (Å²) in [6, 6.07) is 7.00. The van der Waals surface area contributed by atoms with Crippen molar-refractivity contribution in [3.05, 3.63) is 47.0 Å². The largest absolute Gasteiger partial charge is 0.306 e. The summed E-state index contributed by atoms with van der Waals surface area (Å²) in [5.41, 5.74) is 5.23. The van der Waals surface area contributed by atoms with Crippen LogP contribution in [0.3, 0.4) is 0 Å². The Labute approximate surface area is 93.2 Å². The molecule has 0 fully saturated rings. The Morgan fingerprint density at radius 2 is 2.07 bits per heavy atom. The molecule has 0 aliphatic rings. The minimum atomic E-state index is 0.391. The Bertz CT molecular complexity index is 352. The quantitative estimate of drug-likeness (QED) is 0.738. The van der Waals surface area contributed by atoms with Crippen LogP contribution in [0.2, 0.25) is 0 Å². The van der Waals surface area contributed by atoms with Crippen LogP contribution in [0.25, 0.3) is 0 Å². The van der Waals surface area contributed by atoms with Gasteiger partial charge in [-0.2, -0.15) is 0 Å². The molecule has 0 amide bonds. The van der Waals surface area contributed by atoms with Crippen LogP contribution < -0.4 is 5.32 Å². The van der Waals surface area contributed by atoms with E-state index >= 15 is 0 Å². The third-order valence-corrected chi connectivity index (χ3v) is 2.60. The highest BCUT2D eigenvalue weighted by Gasteiger charge is 2.07. The molecule has 1 aromatic rings. The van der Waals surface area contributed by atoms with Crippen LogP contribution >= 0.6 is 0 Å². The van der Waals surface area contributed by atoms with E-state index in [0.29, 0.717) is 6.04 Å². The molecular weight excluding hydrogens is 182 g/mol. The van der Waals surface area contributed by atoms with Gasteiger partial charge in [-0.05, 0) is 38.8 Å². The number of benzene rings is 1. The van der Waals surface area contributed by atoms with Gasteiger partial charge in [0.05, 0.1) is 0 Å². The van der Waals surface area contributed by atoms with Crippen molar-refractivity contribution < 1.29 is 0 Å². The monoisotopic (exact) mass is 203 g/mol. The van der Waals surface area contributed by atoms with Crippen molar-refractivity contribution in [2.75, 3.05) is 6.54 Å². The van der Waals surface area contributed by atoms with E-state index < -0.39 is 0 Å². The highest BCUT2D eigenvalue weighted by Crippen LogP contribution is 2.18. The number of hydrogen-bond donors (Lipinski definition) is 1. The van der Waals surface area contributed by atoms with Gasteiger partial charge in [-0.1, -0.05) is 35.9 Å². The zero-order chi connectivity index (χ0) is 11.4. The average molecular weight is 203 g/mol. The summed E-state index contributed by atoms with van der Waals surface area (Å²) in [4.78, 5) is 0. The second-order valence-electron chi connectivity index (χ2n) is 4.42. The Morgan fingerprint density at radius 3 is 2.60 bits per heavy atom. The fraction of sp³-hybridized carbons (Fsp3) is 0.429. The van der Waals surface area contributed by atoms with Crippen LogP contribution in [0.15, 0.2) is 30.4 Å². The van der Waals surface area contributed by atoms with Gasteiger partial charge in [0.25, 0.3) is 0 Å². The lowest BCUT2D eigenvalue weighted by Crippen LogP contribution is -2.21. The number of rotatable bonds is 4. The van der Waals surface area contributed by atoms with Crippen LogP contribution in [-0.4, -0.2) is 6.54 Å². The van der Waals surface area contributed by atoms with E-state index in [1.807, 2.05) is 6.92 Å². The van der Waals surface area contributed by atoms with Crippen molar-refractivity contribution in [2.24, 2.45) is 0 Å². The second-order valence-corrected chi connectivity index (χ2v) is 4.42. The molecule has 0 saturated carbocycles. The lowest BCUT2D eigenvalue weighted by molar-refractivity contribution is 0.604. The molecule has 1 N–H and O–H groups in total. The molecule has 15 heavy (non-hydrogen) atoms. The third-order valence-electron chi connectivity index (χ3n) is 2.60. The highest BCUT2D eigenvalue weighted by molar-refractivity contribution is 5.32. The van der Waals surface area contributed by atoms with Gasteiger partial charge in [0.1, 0.15) is 0 Å². The molecule has 0 saturated heterocycles. The topological polar surface area (TPSA) is 12.0 Å². The molecule has 82 valence electrons. The maximum absolute atomic E-state index is 3.89. The summed E-state index contributed by atoms with van der Waals surface area (Å²) in [6.07, 6.45) is 0. The maximum Gasteiger partial charge on any atom is 0.0297 e. The normalized spacial score (nSPS) is 12.5. The SMILES string of the molecule is C=C(C)CN[C@H](C)c1ccc(C)cc1C. The fourth-order valence-electron chi connectivity index (χ4n) is 1.75. The summed E-state index contributed by atoms with van der Waals surface area (Å²) < 4.78 is 0. The lowest BCUT2D eigenvalue weighted by atomic mass is 10.0. The minimum absolute atomic E-state index is 0.391. The molecule has 0 spiro atoms. The first-order valence-corrected chi connectivity index (χ1v) is 5.45. The number of aryl methyl sites for hydroxylation is 2. The summed E-state index contributed by atoms with van der Waals surface area (Å²) in [6.45, 7) is 13.3. The van der Waals surface area contributed by atoms with Crippen LogP contribution in [0.5, 0.6) is 0 Å². The zero-order valence-corrected chi connectivity index (χ0v) is 10.2. The first-order valence-electron chi connectivity index (χ1n) is 5.45. The first-order chi connectivity index (χ1) is 7.00. The third kappa shape index (κ3) is 3.52. The van der Waals surface area contributed by atoms with Crippen LogP contribution in [0.4, 0.5) is 0 Å². The van der Waals surface area contributed by atoms with E-state index in [-0.39, 0.29) is 0 Å². The van der Waals surface area contributed by atoms with Gasteiger partial charge in [-0.3, -0.25) is 0 Å². The molecule has 1 heteroatoms. The molecule has 1 nitrogen and oxygen atoms in total. The molecule has 0 bridgehead atoms. The predicted octanol–water partition coefficient (Wildman–Crippen LogP) is 3.53. The zero-order valence-electron chi connectivity index (χ0n) is 10.2. The number of hydrogen-bond acceptors (Lipinski definition) is 1. The summed E-state index contributed by atoms with van der Waals surface area (Å²) in [5.74, 6) is 0. The molecule has 1 aromatic carbocycles. The Hall–Kier alpha value is -1.08. The fourth-order valence-corrected chi connectivity index (χ4v) is 1.75. The first kappa shape index (κ1) is 12.0. The molecule has 0 aliphatic heterocycles. The molecule has 1 atom stereocenters. The van der Waals surface area contributed by atoms with Crippen LogP contribution in [-0.2, 0) is 0 Å². The van der Waals surface area contributed by atoms with Gasteiger partial charge in [0, 0.05) is 12.6 Å². The van der Waals surface area contributed by atoms with E-state index in [1.165, 1.54) is 22.3 Å². The summed E-state index contributed by atoms with van der Waals surface area (Å²) in [5, 5.41) is 3.46. The van der Waals surface area contributed by atoms with Gasteiger partial charge >= 0.3 is 0 Å². The van der Waals surface area contributed by atoms with Crippen molar-refractivity contribution >= 4 is 0 Å². The van der Waals surface area contributed by atoms with Gasteiger partial charge in [0.15, 0.2) is 0 Å². The summed E-state index contributed by atoms with van der Waals surface area (Å²) in [7, 11) is 0.